The van der Waals surface area contributed by atoms with Gasteiger partial charge in [0.15, 0.2) is 5.13 Å². The van der Waals surface area contributed by atoms with E-state index in [0.717, 1.165) is 15.3 Å². The zero-order chi connectivity index (χ0) is 14.0. The number of carbonyl (C=O) groups excluding carboxylic acids is 1. The maximum Gasteiger partial charge on any atom is 0.328 e. The Hall–Kier alpha value is -1.62. The summed E-state index contributed by atoms with van der Waals surface area (Å²) in [6.07, 6.45) is 0. The van der Waals surface area contributed by atoms with E-state index in [-0.39, 0.29) is 5.97 Å². The average molecular weight is 278 g/mol. The highest BCUT2D eigenvalue weighted by molar-refractivity contribution is 7.22. The number of thiazole rings is 1. The van der Waals surface area contributed by atoms with Crippen LogP contribution in [0.25, 0.3) is 10.2 Å². The van der Waals surface area contributed by atoms with Crippen LogP contribution in [0.4, 0.5) is 5.13 Å². The first-order chi connectivity index (χ1) is 8.85. The number of hydrogen-bond donors (Lipinski definition) is 1. The van der Waals surface area contributed by atoms with Crippen molar-refractivity contribution in [2.24, 2.45) is 0 Å². The fraction of sp³-hybridized carbons (Fsp3) is 0.429. The Kier molecular flexibility index (Phi) is 3.75. The summed E-state index contributed by atoms with van der Waals surface area (Å²) in [5, 5.41) is 3.82. The maximum atomic E-state index is 11.9. The van der Waals surface area contributed by atoms with E-state index in [2.05, 4.69) is 10.3 Å². The molecule has 1 aromatic heterocycles. The van der Waals surface area contributed by atoms with Crippen molar-refractivity contribution >= 4 is 32.7 Å². The lowest BCUT2D eigenvalue weighted by molar-refractivity contribution is -0.155. The molecule has 0 saturated carbocycles. The molecule has 2 rings (SSSR count). The van der Waals surface area contributed by atoms with Gasteiger partial charge in [-0.2, -0.15) is 0 Å². The Balaban J connectivity index is 2.06. The summed E-state index contributed by atoms with van der Waals surface area (Å²) in [6, 6.07) is 7.47. The van der Waals surface area contributed by atoms with Crippen LogP contribution in [-0.2, 0) is 9.53 Å². The van der Waals surface area contributed by atoms with Crippen molar-refractivity contribution in [3.8, 4) is 0 Å². The first kappa shape index (κ1) is 13.8. The second-order valence-electron chi connectivity index (χ2n) is 5.39. The Labute approximate surface area is 116 Å². The summed E-state index contributed by atoms with van der Waals surface area (Å²) in [6.45, 7) is 7.35. The second kappa shape index (κ2) is 5.17. The molecule has 0 aliphatic carbocycles. The third-order valence-corrected chi connectivity index (χ3v) is 3.36. The van der Waals surface area contributed by atoms with Crippen molar-refractivity contribution in [3.63, 3.8) is 0 Å². The topological polar surface area (TPSA) is 51.2 Å². The summed E-state index contributed by atoms with van der Waals surface area (Å²) in [5.74, 6) is -0.272. The minimum atomic E-state index is -0.472. The molecule has 1 unspecified atom stereocenters. The SMILES string of the molecule is CC(Nc1nc2ccccc2s1)C(=O)OC(C)(C)C. The third kappa shape index (κ3) is 3.67. The molecule has 1 heterocycles. The molecule has 0 bridgehead atoms. The molecule has 0 aliphatic rings. The van der Waals surface area contributed by atoms with E-state index in [4.69, 9.17) is 4.74 Å². The molecule has 19 heavy (non-hydrogen) atoms. The van der Waals surface area contributed by atoms with Crippen molar-refractivity contribution in [1.29, 1.82) is 0 Å². The predicted octanol–water partition coefficient (Wildman–Crippen LogP) is 3.44. The van der Waals surface area contributed by atoms with Gasteiger partial charge in [-0.15, -0.1) is 0 Å². The van der Waals surface area contributed by atoms with Crippen molar-refractivity contribution in [2.45, 2.75) is 39.3 Å². The maximum absolute atomic E-state index is 11.9. The van der Waals surface area contributed by atoms with Crippen LogP contribution < -0.4 is 5.32 Å². The quantitative estimate of drug-likeness (QED) is 0.874. The van der Waals surface area contributed by atoms with Gasteiger partial charge < -0.3 is 10.1 Å². The van der Waals surface area contributed by atoms with Gasteiger partial charge in [-0.05, 0) is 39.8 Å². The van der Waals surface area contributed by atoms with Gasteiger partial charge in [-0.1, -0.05) is 23.5 Å². The first-order valence-electron chi connectivity index (χ1n) is 6.20. The fourth-order valence-corrected chi connectivity index (χ4v) is 2.52. The summed E-state index contributed by atoms with van der Waals surface area (Å²) in [4.78, 5) is 16.3. The van der Waals surface area contributed by atoms with Gasteiger partial charge in [0.1, 0.15) is 11.6 Å². The summed E-state index contributed by atoms with van der Waals surface area (Å²) in [5.41, 5.74) is 0.465. The van der Waals surface area contributed by atoms with E-state index in [1.807, 2.05) is 45.0 Å². The number of para-hydroxylation sites is 1. The Morgan fingerprint density at radius 2 is 2.05 bits per heavy atom. The molecule has 0 radical (unpaired) electrons. The normalized spacial score (nSPS) is 13.3. The number of rotatable bonds is 3. The van der Waals surface area contributed by atoms with E-state index in [9.17, 15) is 4.79 Å². The number of aromatic nitrogens is 1. The summed E-state index contributed by atoms with van der Waals surface area (Å²) in [7, 11) is 0. The van der Waals surface area contributed by atoms with Crippen LogP contribution in [0.2, 0.25) is 0 Å². The van der Waals surface area contributed by atoms with Crippen LogP contribution in [0.5, 0.6) is 0 Å². The Bertz CT molecular complexity index is 553. The molecule has 0 aliphatic heterocycles. The molecule has 0 fully saturated rings. The first-order valence-corrected chi connectivity index (χ1v) is 7.02. The number of ether oxygens (including phenoxy) is 1. The highest BCUT2D eigenvalue weighted by Crippen LogP contribution is 2.26. The highest BCUT2D eigenvalue weighted by atomic mass is 32.1. The van der Waals surface area contributed by atoms with Crippen molar-refractivity contribution < 1.29 is 9.53 Å². The molecule has 1 atom stereocenters. The number of benzene rings is 1. The monoisotopic (exact) mass is 278 g/mol. The summed E-state index contributed by atoms with van der Waals surface area (Å²) >= 11 is 1.53. The molecule has 102 valence electrons. The van der Waals surface area contributed by atoms with Crippen molar-refractivity contribution in [1.82, 2.24) is 4.98 Å². The fourth-order valence-electron chi connectivity index (χ4n) is 1.57. The third-order valence-electron chi connectivity index (χ3n) is 2.39. The molecule has 2 aromatic rings. The van der Waals surface area contributed by atoms with Crippen molar-refractivity contribution in [2.75, 3.05) is 5.32 Å². The number of nitrogens with one attached hydrogen (secondary N) is 1. The number of fused-ring (bicyclic) bond motifs is 1. The molecule has 4 nitrogen and oxygen atoms in total. The molecule has 0 spiro atoms. The number of esters is 1. The lowest BCUT2D eigenvalue weighted by Crippen LogP contribution is -2.34. The van der Waals surface area contributed by atoms with Gasteiger partial charge in [0.25, 0.3) is 0 Å². The molecular weight excluding hydrogens is 260 g/mol. The lowest BCUT2D eigenvalue weighted by Gasteiger charge is -2.22. The van der Waals surface area contributed by atoms with Gasteiger partial charge in [-0.25, -0.2) is 9.78 Å². The minimum absolute atomic E-state index is 0.272. The molecule has 0 saturated heterocycles. The van der Waals surface area contributed by atoms with Crippen LogP contribution in [-0.4, -0.2) is 22.6 Å². The number of nitrogens with zero attached hydrogens (tertiary/aromatic N) is 1. The average Bonchev–Trinajstić information content (AvgIpc) is 2.68. The van der Waals surface area contributed by atoms with E-state index < -0.39 is 11.6 Å². The lowest BCUT2D eigenvalue weighted by atomic mass is 10.2. The highest BCUT2D eigenvalue weighted by Gasteiger charge is 2.22. The van der Waals surface area contributed by atoms with E-state index in [1.165, 1.54) is 11.3 Å². The standard InChI is InChI=1S/C14H18N2O2S/c1-9(12(17)18-14(2,3)4)15-13-16-10-7-5-6-8-11(10)19-13/h5-9H,1-4H3,(H,15,16). The Morgan fingerprint density at radius 3 is 2.68 bits per heavy atom. The smallest absolute Gasteiger partial charge is 0.328 e. The van der Waals surface area contributed by atoms with Crippen LogP contribution >= 0.6 is 11.3 Å². The Morgan fingerprint density at radius 1 is 1.37 bits per heavy atom. The van der Waals surface area contributed by atoms with Crippen molar-refractivity contribution in [3.05, 3.63) is 24.3 Å². The van der Waals surface area contributed by atoms with Gasteiger partial charge in [0, 0.05) is 0 Å². The van der Waals surface area contributed by atoms with Crippen LogP contribution in [0.15, 0.2) is 24.3 Å². The van der Waals surface area contributed by atoms with Crippen LogP contribution in [0, 0.1) is 0 Å². The van der Waals surface area contributed by atoms with Gasteiger partial charge >= 0.3 is 5.97 Å². The van der Waals surface area contributed by atoms with Gasteiger partial charge in [0.05, 0.1) is 10.2 Å². The van der Waals surface area contributed by atoms with Crippen LogP contribution in [0.3, 0.4) is 0 Å². The summed E-state index contributed by atoms with van der Waals surface area (Å²) < 4.78 is 6.42. The number of hydrogen-bond acceptors (Lipinski definition) is 5. The molecule has 5 heteroatoms. The van der Waals surface area contributed by atoms with Gasteiger partial charge in [-0.3, -0.25) is 0 Å². The largest absolute Gasteiger partial charge is 0.458 e. The molecular formula is C14H18N2O2S. The zero-order valence-corrected chi connectivity index (χ0v) is 12.4. The predicted molar refractivity (Wildman–Crippen MR) is 78.5 cm³/mol. The molecule has 1 N–H and O–H groups in total. The van der Waals surface area contributed by atoms with Gasteiger partial charge in [0.2, 0.25) is 0 Å². The van der Waals surface area contributed by atoms with E-state index in [1.54, 1.807) is 6.92 Å². The number of carbonyl (C=O) groups is 1. The zero-order valence-electron chi connectivity index (χ0n) is 11.6. The minimum Gasteiger partial charge on any atom is -0.458 e. The molecule has 0 amide bonds. The van der Waals surface area contributed by atoms with Crippen LogP contribution in [0.1, 0.15) is 27.7 Å². The molecule has 1 aromatic carbocycles. The van der Waals surface area contributed by atoms with E-state index >= 15 is 0 Å². The number of anilines is 1. The van der Waals surface area contributed by atoms with E-state index in [0.29, 0.717) is 0 Å². The second-order valence-corrected chi connectivity index (χ2v) is 6.42.